The standard InChI is InChI=1S/C25H37NO8/c1-8-22(27)33-20-11-10-18(13-21(20)34-23(28)9-2)12-19(26)25(30)32-17(7)16(6)31-24(29)15(5)14(3)4/h10-11,13-17,19H,8-9,12,26H2,1-7H3/t15?,16?,17-,19-/m0/s1. The number of hydrogen-bond acceptors (Lipinski definition) is 9. The summed E-state index contributed by atoms with van der Waals surface area (Å²) in [6.45, 7) is 12.2. The van der Waals surface area contributed by atoms with Gasteiger partial charge in [0.2, 0.25) is 0 Å². The predicted molar refractivity (Wildman–Crippen MR) is 125 cm³/mol. The Kier molecular flexibility index (Phi) is 11.7. The Labute approximate surface area is 201 Å². The van der Waals surface area contributed by atoms with Crippen LogP contribution < -0.4 is 15.2 Å². The van der Waals surface area contributed by atoms with Crippen molar-refractivity contribution in [3.05, 3.63) is 23.8 Å². The summed E-state index contributed by atoms with van der Waals surface area (Å²) in [5.74, 6) is -1.97. The third-order valence-corrected chi connectivity index (χ3v) is 5.43. The van der Waals surface area contributed by atoms with Crippen LogP contribution in [0.2, 0.25) is 0 Å². The van der Waals surface area contributed by atoms with Crippen molar-refractivity contribution in [3.8, 4) is 11.5 Å². The van der Waals surface area contributed by atoms with Gasteiger partial charge in [-0.25, -0.2) is 0 Å². The number of nitrogens with two attached hydrogens (primary N) is 1. The van der Waals surface area contributed by atoms with Crippen LogP contribution in [-0.2, 0) is 35.1 Å². The summed E-state index contributed by atoms with van der Waals surface area (Å²) < 4.78 is 21.3. The van der Waals surface area contributed by atoms with Gasteiger partial charge in [-0.3, -0.25) is 19.2 Å². The molecule has 0 amide bonds. The molecule has 0 aliphatic heterocycles. The highest BCUT2D eigenvalue weighted by Crippen LogP contribution is 2.30. The Balaban J connectivity index is 2.83. The number of esters is 4. The predicted octanol–water partition coefficient (Wildman–Crippen LogP) is 3.34. The van der Waals surface area contributed by atoms with Crippen molar-refractivity contribution in [2.45, 2.75) is 86.0 Å². The van der Waals surface area contributed by atoms with Crippen LogP contribution >= 0.6 is 0 Å². The minimum Gasteiger partial charge on any atom is -0.459 e. The van der Waals surface area contributed by atoms with Crippen LogP contribution in [0.1, 0.15) is 66.9 Å². The van der Waals surface area contributed by atoms with Gasteiger partial charge >= 0.3 is 23.9 Å². The molecular formula is C25H37NO8. The summed E-state index contributed by atoms with van der Waals surface area (Å²) in [4.78, 5) is 48.1. The molecule has 0 aliphatic carbocycles. The van der Waals surface area contributed by atoms with Gasteiger partial charge in [0.15, 0.2) is 11.5 Å². The van der Waals surface area contributed by atoms with Gasteiger partial charge in [-0.05, 0) is 43.9 Å². The lowest BCUT2D eigenvalue weighted by atomic mass is 9.98. The zero-order valence-corrected chi connectivity index (χ0v) is 21.1. The van der Waals surface area contributed by atoms with Gasteiger partial charge in [-0.2, -0.15) is 0 Å². The molecule has 0 bridgehead atoms. The third kappa shape index (κ3) is 9.13. The first-order chi connectivity index (χ1) is 15.9. The number of carbonyl (C=O) groups excluding carboxylic acids is 4. The second-order valence-electron chi connectivity index (χ2n) is 8.56. The fourth-order valence-corrected chi connectivity index (χ4v) is 2.60. The monoisotopic (exact) mass is 479 g/mol. The molecule has 0 radical (unpaired) electrons. The maximum Gasteiger partial charge on any atom is 0.323 e. The molecule has 0 fully saturated rings. The second kappa shape index (κ2) is 13.7. The zero-order valence-electron chi connectivity index (χ0n) is 21.1. The first-order valence-electron chi connectivity index (χ1n) is 11.6. The van der Waals surface area contributed by atoms with Gasteiger partial charge in [-0.1, -0.05) is 40.7 Å². The van der Waals surface area contributed by atoms with E-state index in [9.17, 15) is 19.2 Å². The molecule has 9 heteroatoms. The summed E-state index contributed by atoms with van der Waals surface area (Å²) in [6, 6.07) is 3.59. The van der Waals surface area contributed by atoms with Crippen LogP contribution in [0.4, 0.5) is 0 Å². The molecule has 0 heterocycles. The number of hydrogen-bond donors (Lipinski definition) is 1. The molecule has 0 aliphatic rings. The Morgan fingerprint density at radius 1 is 0.794 bits per heavy atom. The van der Waals surface area contributed by atoms with Crippen molar-refractivity contribution in [2.75, 3.05) is 0 Å². The van der Waals surface area contributed by atoms with Crippen molar-refractivity contribution in [1.82, 2.24) is 0 Å². The lowest BCUT2D eigenvalue weighted by molar-refractivity contribution is -0.169. The van der Waals surface area contributed by atoms with Crippen molar-refractivity contribution < 1.29 is 38.1 Å². The molecule has 1 rings (SSSR count). The summed E-state index contributed by atoms with van der Waals surface area (Å²) in [7, 11) is 0. The van der Waals surface area contributed by atoms with E-state index in [0.717, 1.165) is 0 Å². The van der Waals surface area contributed by atoms with E-state index in [4.69, 9.17) is 24.7 Å². The van der Waals surface area contributed by atoms with Gasteiger partial charge < -0.3 is 24.7 Å². The quantitative estimate of drug-likeness (QED) is 0.354. The Morgan fingerprint density at radius 2 is 1.29 bits per heavy atom. The topological polar surface area (TPSA) is 131 Å². The first-order valence-corrected chi connectivity index (χ1v) is 11.6. The van der Waals surface area contributed by atoms with E-state index < -0.39 is 36.2 Å². The molecule has 0 saturated heterocycles. The van der Waals surface area contributed by atoms with Crippen LogP contribution in [0.5, 0.6) is 11.5 Å². The second-order valence-corrected chi connectivity index (χ2v) is 8.56. The molecule has 9 nitrogen and oxygen atoms in total. The van der Waals surface area contributed by atoms with Gasteiger partial charge in [0, 0.05) is 12.8 Å². The highest BCUT2D eigenvalue weighted by molar-refractivity contribution is 5.77. The molecule has 0 saturated carbocycles. The van der Waals surface area contributed by atoms with Crippen molar-refractivity contribution in [3.63, 3.8) is 0 Å². The summed E-state index contributed by atoms with van der Waals surface area (Å²) in [5.41, 5.74) is 6.61. The van der Waals surface area contributed by atoms with Gasteiger partial charge in [0.05, 0.1) is 5.92 Å². The largest absolute Gasteiger partial charge is 0.459 e. The molecule has 0 aromatic heterocycles. The van der Waals surface area contributed by atoms with Crippen molar-refractivity contribution in [1.29, 1.82) is 0 Å². The highest BCUT2D eigenvalue weighted by atomic mass is 16.6. The normalized spacial score (nSPS) is 14.5. The number of benzene rings is 1. The SMILES string of the molecule is CCC(=O)Oc1ccc(C[C@H](N)C(=O)O[C@@H](C)C(C)OC(=O)C(C)C(C)C)cc1OC(=O)CC. The minimum atomic E-state index is -1.02. The van der Waals surface area contributed by atoms with Crippen LogP contribution in [-0.4, -0.2) is 42.1 Å². The number of carbonyl (C=O) groups is 4. The van der Waals surface area contributed by atoms with Gasteiger partial charge in [-0.15, -0.1) is 0 Å². The van der Waals surface area contributed by atoms with E-state index >= 15 is 0 Å². The average molecular weight is 480 g/mol. The summed E-state index contributed by atoms with van der Waals surface area (Å²) >= 11 is 0. The number of rotatable bonds is 12. The first kappa shape index (κ1) is 29.1. The van der Waals surface area contributed by atoms with E-state index in [1.807, 2.05) is 13.8 Å². The van der Waals surface area contributed by atoms with Crippen LogP contribution in [0.25, 0.3) is 0 Å². The smallest absolute Gasteiger partial charge is 0.323 e. The Bertz CT molecular complexity index is 866. The van der Waals surface area contributed by atoms with Crippen LogP contribution in [0.15, 0.2) is 18.2 Å². The molecule has 4 atom stereocenters. The molecule has 1 aromatic carbocycles. The van der Waals surface area contributed by atoms with Crippen LogP contribution in [0, 0.1) is 11.8 Å². The maximum atomic E-state index is 12.5. The molecule has 0 spiro atoms. The Morgan fingerprint density at radius 3 is 1.79 bits per heavy atom. The Hall–Kier alpha value is -2.94. The third-order valence-electron chi connectivity index (χ3n) is 5.43. The van der Waals surface area contributed by atoms with Gasteiger partial charge in [0.1, 0.15) is 18.2 Å². The van der Waals surface area contributed by atoms with Crippen LogP contribution in [0.3, 0.4) is 0 Å². The zero-order chi connectivity index (χ0) is 26.0. The van der Waals surface area contributed by atoms with Crippen molar-refractivity contribution >= 4 is 23.9 Å². The van der Waals surface area contributed by atoms with E-state index in [0.29, 0.717) is 5.56 Å². The van der Waals surface area contributed by atoms with Crippen molar-refractivity contribution in [2.24, 2.45) is 17.6 Å². The molecular weight excluding hydrogens is 442 g/mol. The highest BCUT2D eigenvalue weighted by Gasteiger charge is 2.27. The minimum absolute atomic E-state index is 0.0693. The van der Waals surface area contributed by atoms with E-state index in [-0.39, 0.29) is 48.6 Å². The van der Waals surface area contributed by atoms with Gasteiger partial charge in [0.25, 0.3) is 0 Å². The molecule has 2 N–H and O–H groups in total. The molecule has 2 unspecified atom stereocenters. The fourth-order valence-electron chi connectivity index (χ4n) is 2.60. The van der Waals surface area contributed by atoms with E-state index in [2.05, 4.69) is 0 Å². The number of ether oxygens (including phenoxy) is 4. The maximum absolute atomic E-state index is 12.5. The molecule has 1 aromatic rings. The van der Waals surface area contributed by atoms with E-state index in [1.54, 1.807) is 40.7 Å². The summed E-state index contributed by atoms with van der Waals surface area (Å²) in [5, 5.41) is 0. The van der Waals surface area contributed by atoms with E-state index in [1.165, 1.54) is 12.1 Å². The average Bonchev–Trinajstić information content (AvgIpc) is 2.79. The molecule has 190 valence electrons. The molecule has 34 heavy (non-hydrogen) atoms. The fraction of sp³-hybridized carbons (Fsp3) is 0.600. The lowest BCUT2D eigenvalue weighted by Crippen LogP contribution is -2.40. The lowest BCUT2D eigenvalue weighted by Gasteiger charge is -2.24. The summed E-state index contributed by atoms with van der Waals surface area (Å²) in [6.07, 6.45) is -0.963.